The highest BCUT2D eigenvalue weighted by Crippen LogP contribution is 2.24. The first kappa shape index (κ1) is 57.3. The summed E-state index contributed by atoms with van der Waals surface area (Å²) in [5.41, 5.74) is -2.34. The Morgan fingerprint density at radius 2 is 1.31 bits per heavy atom. The number of benzene rings is 1. The Labute approximate surface area is 412 Å². The molecule has 2 unspecified atom stereocenters. The summed E-state index contributed by atoms with van der Waals surface area (Å²) in [6, 6.07) is 9.44. The molecule has 3 rings (SSSR count). The van der Waals surface area contributed by atoms with Crippen molar-refractivity contribution in [2.75, 3.05) is 23.8 Å². The number of rotatable bonds is 18. The summed E-state index contributed by atoms with van der Waals surface area (Å²) >= 11 is 0.932. The van der Waals surface area contributed by atoms with Gasteiger partial charge in [-0.3, -0.25) is 5.32 Å². The molecule has 1 aromatic carbocycles. The van der Waals surface area contributed by atoms with E-state index in [1.165, 1.54) is 5.38 Å². The number of aliphatic carboxylic acids is 1. The Kier molecular flexibility index (Phi) is 21.3. The number of thiazole rings is 1. The summed E-state index contributed by atoms with van der Waals surface area (Å²) in [7, 11) is 1.75. The molecule has 0 aliphatic carbocycles. The third kappa shape index (κ3) is 22.0. The van der Waals surface area contributed by atoms with Gasteiger partial charge >= 0.3 is 36.1 Å². The van der Waals surface area contributed by atoms with Crippen LogP contribution in [0.2, 0.25) is 0 Å². The molecule has 0 saturated carbocycles. The van der Waals surface area contributed by atoms with E-state index >= 15 is 0 Å². The van der Waals surface area contributed by atoms with Gasteiger partial charge in [0.05, 0.1) is 13.2 Å². The van der Waals surface area contributed by atoms with E-state index in [0.29, 0.717) is 31.0 Å². The Hall–Kier alpha value is -5.78. The highest BCUT2D eigenvalue weighted by atomic mass is 127. The molecule has 0 saturated heterocycles. The number of nitrogens with one attached hydrogen (secondary N) is 4. The topological polar surface area (TPSA) is 255 Å². The van der Waals surface area contributed by atoms with E-state index in [2.05, 4.69) is 31.4 Å². The second kappa shape index (κ2) is 24.8. The second-order valence-corrected chi connectivity index (χ2v) is 19.8. The molecular formula is C45H64IN7O13S. The maximum absolute atomic E-state index is 13.6. The first-order chi connectivity index (χ1) is 30.5. The fraction of sp³-hybridized carbons (Fsp3) is 0.533. The number of oxime groups is 1. The number of hydrogen-bond acceptors (Lipinski definition) is 15. The second-order valence-electron chi connectivity index (χ2n) is 18.9. The average molecular weight is 1070 g/mol. The largest absolute Gasteiger partial charge is 1.00 e. The highest BCUT2D eigenvalue weighted by molar-refractivity contribution is 7.14. The molecule has 67 heavy (non-hydrogen) atoms. The molecule has 370 valence electrons. The van der Waals surface area contributed by atoms with E-state index in [1.807, 2.05) is 0 Å². The van der Waals surface area contributed by atoms with Gasteiger partial charge in [-0.2, -0.15) is 0 Å². The number of unbranched alkanes of at least 4 members (excludes halogenated alkanes) is 1. The van der Waals surface area contributed by atoms with Crippen LogP contribution < -0.4 is 54.5 Å². The molecule has 20 nitrogen and oxygen atoms in total. The van der Waals surface area contributed by atoms with Gasteiger partial charge < -0.3 is 68.2 Å². The maximum Gasteiger partial charge on any atom is 0.413 e. The molecule has 0 radical (unpaired) electrons. The van der Waals surface area contributed by atoms with Crippen molar-refractivity contribution < 1.29 is 90.9 Å². The normalized spacial score (nSPS) is 12.8. The van der Waals surface area contributed by atoms with Gasteiger partial charge in [0.15, 0.2) is 5.13 Å². The van der Waals surface area contributed by atoms with Crippen LogP contribution in [-0.4, -0.2) is 99.6 Å². The summed E-state index contributed by atoms with van der Waals surface area (Å²) in [6.45, 7) is 20.4. The van der Waals surface area contributed by atoms with Gasteiger partial charge in [-0.15, -0.1) is 11.3 Å². The van der Waals surface area contributed by atoms with Crippen LogP contribution in [0.1, 0.15) is 108 Å². The number of amides is 4. The number of carboxylic acid groups (broad SMARTS) is 1. The number of aryl methyl sites for hydroxylation is 1. The average Bonchev–Trinajstić information content (AvgIpc) is 3.60. The smallest absolute Gasteiger partial charge is 0.413 e. The van der Waals surface area contributed by atoms with E-state index in [4.69, 9.17) is 28.5 Å². The monoisotopic (exact) mass is 1070 g/mol. The maximum atomic E-state index is 13.6. The van der Waals surface area contributed by atoms with Crippen molar-refractivity contribution >= 4 is 64.1 Å². The van der Waals surface area contributed by atoms with Gasteiger partial charge in [-0.05, 0) is 126 Å². The molecule has 22 heteroatoms. The van der Waals surface area contributed by atoms with Crippen molar-refractivity contribution in [2.45, 2.75) is 137 Å². The molecule has 0 fully saturated rings. The van der Waals surface area contributed by atoms with Gasteiger partial charge in [0, 0.05) is 23.6 Å². The summed E-state index contributed by atoms with van der Waals surface area (Å²) in [5.74, 6) is -2.05. The van der Waals surface area contributed by atoms with Gasteiger partial charge in [0.1, 0.15) is 46.5 Å². The SMILES string of the molecule is C[n+]1cc(-c2ccc(OCC(O/N=C(\C(=O)O)c3csc(NC(=O)OC(C)(C)C)n3)C(=O)OC(C)(C)C)cc2)ccc1NC(=O)C(CCCCNC(=O)OC(C)(C)C)NC(=O)OC(C)(C)C.[I-]. The third-order valence-corrected chi connectivity index (χ3v) is 8.82. The van der Waals surface area contributed by atoms with Crippen LogP contribution in [0.5, 0.6) is 5.75 Å². The molecule has 4 amide bonds. The van der Waals surface area contributed by atoms with Crippen molar-refractivity contribution in [1.82, 2.24) is 15.6 Å². The molecule has 0 aliphatic rings. The van der Waals surface area contributed by atoms with Crippen molar-refractivity contribution in [3.63, 3.8) is 0 Å². The van der Waals surface area contributed by atoms with Crippen molar-refractivity contribution in [3.8, 4) is 16.9 Å². The lowest BCUT2D eigenvalue weighted by molar-refractivity contribution is -0.656. The number of hydrogen-bond donors (Lipinski definition) is 5. The third-order valence-electron chi connectivity index (χ3n) is 8.07. The number of ether oxygens (including phenoxy) is 5. The summed E-state index contributed by atoms with van der Waals surface area (Å²) in [6.07, 6.45) is -0.481. The predicted octanol–water partition coefficient (Wildman–Crippen LogP) is 4.11. The van der Waals surface area contributed by atoms with E-state index in [9.17, 15) is 33.9 Å². The number of aromatic nitrogens is 2. The Morgan fingerprint density at radius 1 is 0.746 bits per heavy atom. The molecule has 3 aromatic rings. The fourth-order valence-corrected chi connectivity index (χ4v) is 6.07. The molecule has 2 heterocycles. The van der Waals surface area contributed by atoms with Crippen molar-refractivity contribution in [3.05, 3.63) is 53.7 Å². The lowest BCUT2D eigenvalue weighted by Gasteiger charge is -2.23. The summed E-state index contributed by atoms with van der Waals surface area (Å²) in [4.78, 5) is 85.3. The Balaban J connectivity index is 0.0000154. The van der Waals surface area contributed by atoms with Crippen LogP contribution in [0.4, 0.5) is 25.3 Å². The molecule has 0 bridgehead atoms. The summed E-state index contributed by atoms with van der Waals surface area (Å²) < 4.78 is 29.0. The Bertz CT molecular complexity index is 2210. The molecule has 2 aromatic heterocycles. The molecule has 5 N–H and O–H groups in total. The number of carbonyl (C=O) groups excluding carboxylic acids is 5. The van der Waals surface area contributed by atoms with E-state index in [1.54, 1.807) is 137 Å². The Morgan fingerprint density at radius 3 is 1.88 bits per heavy atom. The highest BCUT2D eigenvalue weighted by Gasteiger charge is 2.31. The van der Waals surface area contributed by atoms with Gasteiger partial charge in [-0.1, -0.05) is 17.3 Å². The van der Waals surface area contributed by atoms with Gasteiger partial charge in [0.25, 0.3) is 11.9 Å². The lowest BCUT2D eigenvalue weighted by atomic mass is 10.1. The quantitative estimate of drug-likeness (QED) is 0.0229. The van der Waals surface area contributed by atoms with Crippen LogP contribution >= 0.6 is 11.3 Å². The molecule has 0 aliphatic heterocycles. The minimum Gasteiger partial charge on any atom is -1.00 e. The number of alkyl carbamates (subject to hydrolysis) is 2. The van der Waals surface area contributed by atoms with E-state index in [0.717, 1.165) is 22.5 Å². The lowest BCUT2D eigenvalue weighted by Crippen LogP contribution is -3.00. The zero-order valence-corrected chi connectivity index (χ0v) is 43.3. The number of anilines is 2. The standard InChI is InChI=1S/C45H63N7O13S.HI/c1-42(2,3)61-37(56)32(65-51-34(36(54)55)31-26-66-38(47-31)50-41(59)64-45(10,11)12)25-60-29-20-17-27(18-21-29)28-19-22-33(52(13)24-28)49-35(53)30(48-40(58)63-44(7,8)9)16-14-15-23-46-39(57)62-43(4,5)6;/h17-22,24,26,30,32H,14-16,23,25H2,1-13H3,(H4,46,47,48,50,54,55,57,58,59);1H/b51-34-;. The van der Waals surface area contributed by atoms with Crippen LogP contribution in [-0.2, 0) is 45.2 Å². The van der Waals surface area contributed by atoms with Gasteiger partial charge in [0.2, 0.25) is 5.71 Å². The first-order valence-electron chi connectivity index (χ1n) is 21.1. The number of pyridine rings is 1. The van der Waals surface area contributed by atoms with Crippen LogP contribution in [0.25, 0.3) is 11.1 Å². The summed E-state index contributed by atoms with van der Waals surface area (Å²) in [5, 5.41) is 25.7. The first-order valence-corrected chi connectivity index (χ1v) is 22.0. The molecule has 2 atom stereocenters. The number of carboxylic acids is 1. The minimum atomic E-state index is -1.51. The van der Waals surface area contributed by atoms with Crippen molar-refractivity contribution in [2.24, 2.45) is 12.2 Å². The van der Waals surface area contributed by atoms with Crippen LogP contribution in [0.3, 0.4) is 0 Å². The molecule has 0 spiro atoms. The number of nitrogens with zero attached hydrogens (tertiary/aromatic N) is 3. The zero-order valence-electron chi connectivity index (χ0n) is 40.3. The van der Waals surface area contributed by atoms with Crippen LogP contribution in [0, 0.1) is 0 Å². The van der Waals surface area contributed by atoms with Crippen LogP contribution in [0.15, 0.2) is 53.1 Å². The fourth-order valence-electron chi connectivity index (χ4n) is 5.39. The number of carbonyl (C=O) groups is 6. The zero-order chi connectivity index (χ0) is 49.6. The number of halogens is 1. The number of esters is 1. The van der Waals surface area contributed by atoms with E-state index < -0.39 is 83.0 Å². The molecular weight excluding hydrogens is 1010 g/mol. The van der Waals surface area contributed by atoms with Gasteiger partial charge in [-0.25, -0.2) is 43.6 Å². The van der Waals surface area contributed by atoms with E-state index in [-0.39, 0.29) is 41.2 Å². The predicted molar refractivity (Wildman–Crippen MR) is 245 cm³/mol. The van der Waals surface area contributed by atoms with Crippen molar-refractivity contribution in [1.29, 1.82) is 0 Å². The minimum absolute atomic E-state index is 0.